The van der Waals surface area contributed by atoms with Crippen molar-refractivity contribution in [2.24, 2.45) is 0 Å². The van der Waals surface area contributed by atoms with E-state index >= 15 is 0 Å². The van der Waals surface area contributed by atoms with Crippen molar-refractivity contribution in [1.29, 1.82) is 0 Å². The minimum absolute atomic E-state index is 0.0462. The average molecular weight is 430 g/mol. The molecule has 1 unspecified atom stereocenters. The van der Waals surface area contributed by atoms with E-state index in [2.05, 4.69) is 50.8 Å². The molecule has 0 amide bonds. The van der Waals surface area contributed by atoms with Gasteiger partial charge in [0.15, 0.2) is 17.5 Å². The Morgan fingerprint density at radius 2 is 1.72 bits per heavy atom. The van der Waals surface area contributed by atoms with E-state index in [0.717, 1.165) is 35.1 Å². The van der Waals surface area contributed by atoms with Gasteiger partial charge in [-0.1, -0.05) is 6.92 Å². The van der Waals surface area contributed by atoms with Crippen LogP contribution in [0.2, 0.25) is 0 Å². The van der Waals surface area contributed by atoms with E-state index in [4.69, 9.17) is 4.98 Å². The van der Waals surface area contributed by atoms with Crippen molar-refractivity contribution >= 4 is 5.82 Å². The van der Waals surface area contributed by atoms with E-state index in [1.54, 1.807) is 30.7 Å². The Morgan fingerprint density at radius 3 is 2.41 bits per heavy atom. The summed E-state index contributed by atoms with van der Waals surface area (Å²) in [5.74, 6) is 2.66. The van der Waals surface area contributed by atoms with E-state index in [9.17, 15) is 4.39 Å². The van der Waals surface area contributed by atoms with Crippen LogP contribution in [0.4, 0.5) is 10.2 Å². The number of nitrogens with zero attached hydrogens (tertiary/aromatic N) is 8. The lowest BCUT2D eigenvalue weighted by molar-refractivity contribution is 0.496. The number of anilines is 1. The first kappa shape index (κ1) is 20.2. The van der Waals surface area contributed by atoms with Crippen LogP contribution in [-0.2, 0) is 0 Å². The minimum Gasteiger partial charge on any atom is -0.342 e. The van der Waals surface area contributed by atoms with Gasteiger partial charge in [-0.05, 0) is 51.5 Å². The Bertz CT molecular complexity index is 1280. The molecular formula is C23H23FN8. The molecular weight excluding hydrogens is 407 g/mol. The van der Waals surface area contributed by atoms with Crippen LogP contribution in [0.25, 0.3) is 28.5 Å². The van der Waals surface area contributed by atoms with Crippen molar-refractivity contribution in [2.75, 3.05) is 4.90 Å². The number of hydrogen-bond donors (Lipinski definition) is 0. The summed E-state index contributed by atoms with van der Waals surface area (Å²) in [7, 11) is 0. The lowest BCUT2D eigenvalue weighted by Gasteiger charge is -2.39. The van der Waals surface area contributed by atoms with Crippen LogP contribution in [0.15, 0.2) is 42.9 Å². The van der Waals surface area contributed by atoms with Gasteiger partial charge in [-0.3, -0.25) is 9.55 Å². The molecule has 0 N–H and O–H groups in total. The van der Waals surface area contributed by atoms with E-state index in [-0.39, 0.29) is 17.9 Å². The minimum atomic E-state index is -0.303. The highest BCUT2D eigenvalue weighted by atomic mass is 19.1. The molecule has 0 bridgehead atoms. The Kier molecular flexibility index (Phi) is 4.88. The summed E-state index contributed by atoms with van der Waals surface area (Å²) in [6.45, 7) is 8.34. The van der Waals surface area contributed by atoms with Gasteiger partial charge in [-0.25, -0.2) is 19.3 Å². The lowest BCUT2D eigenvalue weighted by atomic mass is 10.1. The third-order valence-corrected chi connectivity index (χ3v) is 5.69. The summed E-state index contributed by atoms with van der Waals surface area (Å²) in [4.78, 5) is 20.9. The average Bonchev–Trinajstić information content (AvgIpc) is 3.19. The number of benzene rings is 1. The van der Waals surface area contributed by atoms with Crippen LogP contribution in [-0.4, -0.2) is 40.7 Å². The number of hydrogen-bond acceptors (Lipinski definition) is 7. The normalized spacial score (nSPS) is 15.1. The molecule has 0 fully saturated rings. The Hall–Kier alpha value is -3.75. The molecule has 9 heteroatoms. The zero-order chi connectivity index (χ0) is 22.4. The number of aryl methyl sites for hydroxylation is 1. The van der Waals surface area contributed by atoms with E-state index in [1.807, 2.05) is 11.5 Å². The molecule has 32 heavy (non-hydrogen) atoms. The quantitative estimate of drug-likeness (QED) is 0.477. The number of rotatable bonds is 4. The summed E-state index contributed by atoms with van der Waals surface area (Å²) in [6, 6.07) is 6.41. The monoisotopic (exact) mass is 430 g/mol. The molecule has 4 heterocycles. The fourth-order valence-corrected chi connectivity index (χ4v) is 4.30. The maximum absolute atomic E-state index is 13.5. The SMILES string of the molecule is CCC1c2nnc(C)n2-c2cnc(-c3nccnc3-c3ccc(F)cc3)nc2N1C(C)C. The summed E-state index contributed by atoms with van der Waals surface area (Å²) in [5, 5.41) is 8.75. The van der Waals surface area contributed by atoms with Gasteiger partial charge in [-0.2, -0.15) is 0 Å². The van der Waals surface area contributed by atoms with Crippen molar-refractivity contribution in [1.82, 2.24) is 34.7 Å². The summed E-state index contributed by atoms with van der Waals surface area (Å²) in [6.07, 6.45) is 5.88. The van der Waals surface area contributed by atoms with Crippen LogP contribution in [0.1, 0.15) is 44.9 Å². The molecule has 1 atom stereocenters. The second kappa shape index (κ2) is 7.74. The topological polar surface area (TPSA) is 85.5 Å². The molecule has 0 spiro atoms. The second-order valence-corrected chi connectivity index (χ2v) is 8.03. The standard InChI is InChI=1S/C23H23FN8/c1-5-17-23-30-29-14(4)32(23)18-12-27-21(28-22(18)31(17)13(2)3)20-19(25-10-11-26-20)15-6-8-16(24)9-7-15/h6-13,17H,5H2,1-4H3. The summed E-state index contributed by atoms with van der Waals surface area (Å²) >= 11 is 0. The van der Waals surface area contributed by atoms with Gasteiger partial charge >= 0.3 is 0 Å². The zero-order valence-corrected chi connectivity index (χ0v) is 18.4. The molecule has 1 aromatic carbocycles. The molecule has 1 aliphatic rings. The predicted octanol–water partition coefficient (Wildman–Crippen LogP) is 4.31. The summed E-state index contributed by atoms with van der Waals surface area (Å²) < 4.78 is 15.5. The third kappa shape index (κ3) is 3.12. The first-order valence-corrected chi connectivity index (χ1v) is 10.6. The molecule has 4 aromatic rings. The molecule has 1 aliphatic heterocycles. The fraction of sp³-hybridized carbons (Fsp3) is 0.304. The van der Waals surface area contributed by atoms with Crippen molar-refractivity contribution < 1.29 is 4.39 Å². The lowest BCUT2D eigenvalue weighted by Crippen LogP contribution is -2.40. The number of aromatic nitrogens is 7. The van der Waals surface area contributed by atoms with Crippen molar-refractivity contribution in [3.63, 3.8) is 0 Å². The van der Waals surface area contributed by atoms with Crippen LogP contribution in [0.3, 0.4) is 0 Å². The second-order valence-electron chi connectivity index (χ2n) is 8.03. The highest BCUT2D eigenvalue weighted by molar-refractivity contribution is 5.76. The van der Waals surface area contributed by atoms with Gasteiger partial charge in [0.2, 0.25) is 0 Å². The van der Waals surface area contributed by atoms with Crippen LogP contribution in [0.5, 0.6) is 0 Å². The smallest absolute Gasteiger partial charge is 0.182 e. The molecule has 0 aliphatic carbocycles. The van der Waals surface area contributed by atoms with Gasteiger partial charge in [-0.15, -0.1) is 10.2 Å². The molecule has 8 nitrogen and oxygen atoms in total. The van der Waals surface area contributed by atoms with E-state index in [0.29, 0.717) is 17.2 Å². The largest absolute Gasteiger partial charge is 0.342 e. The molecule has 162 valence electrons. The molecule has 3 aromatic heterocycles. The van der Waals surface area contributed by atoms with Crippen molar-refractivity contribution in [2.45, 2.75) is 46.2 Å². The molecule has 0 saturated heterocycles. The molecule has 0 radical (unpaired) electrons. The maximum Gasteiger partial charge on any atom is 0.182 e. The van der Waals surface area contributed by atoms with Crippen molar-refractivity contribution in [3.8, 4) is 28.5 Å². The van der Waals surface area contributed by atoms with Gasteiger partial charge in [0.05, 0.1) is 17.9 Å². The van der Waals surface area contributed by atoms with E-state index in [1.165, 1.54) is 12.1 Å². The van der Waals surface area contributed by atoms with E-state index < -0.39 is 0 Å². The maximum atomic E-state index is 13.5. The summed E-state index contributed by atoms with van der Waals surface area (Å²) in [5.41, 5.74) is 2.74. The van der Waals surface area contributed by atoms with Crippen LogP contribution in [0, 0.1) is 12.7 Å². The highest BCUT2D eigenvalue weighted by Crippen LogP contribution is 2.40. The third-order valence-electron chi connectivity index (χ3n) is 5.69. The van der Waals surface area contributed by atoms with Crippen LogP contribution >= 0.6 is 0 Å². The fourth-order valence-electron chi connectivity index (χ4n) is 4.30. The van der Waals surface area contributed by atoms with Gasteiger partial charge < -0.3 is 4.90 Å². The zero-order valence-electron chi connectivity index (χ0n) is 18.4. The predicted molar refractivity (Wildman–Crippen MR) is 119 cm³/mol. The number of halogens is 1. The Balaban J connectivity index is 1.71. The molecule has 0 saturated carbocycles. The van der Waals surface area contributed by atoms with Crippen molar-refractivity contribution in [3.05, 3.63) is 60.3 Å². The first-order chi connectivity index (χ1) is 15.5. The van der Waals surface area contributed by atoms with Gasteiger partial charge in [0, 0.05) is 24.0 Å². The highest BCUT2D eigenvalue weighted by Gasteiger charge is 2.36. The number of fused-ring (bicyclic) bond motifs is 3. The Morgan fingerprint density at radius 1 is 1.00 bits per heavy atom. The van der Waals surface area contributed by atoms with Gasteiger partial charge in [0.1, 0.15) is 23.0 Å². The van der Waals surface area contributed by atoms with Gasteiger partial charge in [0.25, 0.3) is 0 Å². The Labute approximate surface area is 185 Å². The van der Waals surface area contributed by atoms with Crippen LogP contribution < -0.4 is 4.90 Å². The first-order valence-electron chi connectivity index (χ1n) is 10.6. The molecule has 5 rings (SSSR count).